The van der Waals surface area contributed by atoms with Gasteiger partial charge in [-0.3, -0.25) is 20.7 Å². The monoisotopic (exact) mass is 450 g/mol. The lowest BCUT2D eigenvalue weighted by atomic mass is 9.78. The summed E-state index contributed by atoms with van der Waals surface area (Å²) in [6, 6.07) is 0.608. The summed E-state index contributed by atoms with van der Waals surface area (Å²) in [6.45, 7) is 5.14. The summed E-state index contributed by atoms with van der Waals surface area (Å²) in [7, 11) is 1.85. The standard InChI is InChI=1S/C25H46N4O3/c1-32-23-10-6-19(7-11-23)21-15-26-25(27-16-21)28-22-8-4-18(5-9-22)12-14-29-13-2-3-20(17-29)24(30)31/h18-23,25-28H,2-17H2,1H3,(H,30,31). The van der Waals surface area contributed by atoms with E-state index in [0.717, 1.165) is 63.3 Å². The molecule has 1 unspecified atom stereocenters. The fourth-order valence-electron chi connectivity index (χ4n) is 6.61. The summed E-state index contributed by atoms with van der Waals surface area (Å²) in [5.41, 5.74) is 0. The zero-order valence-electron chi connectivity index (χ0n) is 20.1. The van der Waals surface area contributed by atoms with Crippen LogP contribution < -0.4 is 16.0 Å². The molecule has 2 saturated carbocycles. The van der Waals surface area contributed by atoms with E-state index in [9.17, 15) is 9.90 Å². The zero-order chi connectivity index (χ0) is 22.3. The van der Waals surface area contributed by atoms with Crippen molar-refractivity contribution in [3.8, 4) is 0 Å². The predicted molar refractivity (Wildman–Crippen MR) is 126 cm³/mol. The van der Waals surface area contributed by atoms with Crippen LogP contribution in [0, 0.1) is 23.7 Å². The van der Waals surface area contributed by atoms with Gasteiger partial charge in [-0.05, 0) is 101 Å². The zero-order valence-corrected chi connectivity index (χ0v) is 20.1. The predicted octanol–water partition coefficient (Wildman–Crippen LogP) is 2.62. The van der Waals surface area contributed by atoms with Gasteiger partial charge < -0.3 is 14.7 Å². The number of ether oxygens (including phenoxy) is 1. The van der Waals surface area contributed by atoms with E-state index >= 15 is 0 Å². The SMILES string of the molecule is COC1CCC(C2CNC(NC3CCC(CCN4CCCC(C(=O)O)C4)CC3)NC2)CC1. The number of nitrogens with zero attached hydrogens (tertiary/aromatic N) is 1. The lowest BCUT2D eigenvalue weighted by Crippen LogP contribution is -2.63. The summed E-state index contributed by atoms with van der Waals surface area (Å²) in [5.74, 6) is 1.62. The molecule has 2 aliphatic heterocycles. The minimum atomic E-state index is -0.615. The van der Waals surface area contributed by atoms with Gasteiger partial charge in [-0.15, -0.1) is 0 Å². The number of likely N-dealkylation sites (tertiary alicyclic amines) is 1. The van der Waals surface area contributed by atoms with Gasteiger partial charge in [-0.25, -0.2) is 0 Å². The van der Waals surface area contributed by atoms with Crippen molar-refractivity contribution in [1.29, 1.82) is 0 Å². The molecule has 184 valence electrons. The molecule has 0 aromatic heterocycles. The molecule has 4 aliphatic rings. The fraction of sp³-hybridized carbons (Fsp3) is 0.960. The van der Waals surface area contributed by atoms with Crippen LogP contribution in [-0.2, 0) is 9.53 Å². The molecule has 0 amide bonds. The summed E-state index contributed by atoms with van der Waals surface area (Å²) >= 11 is 0. The molecule has 0 aromatic carbocycles. The molecule has 4 fully saturated rings. The molecule has 2 aliphatic carbocycles. The van der Waals surface area contributed by atoms with Crippen LogP contribution >= 0.6 is 0 Å². The number of hydrogen-bond donors (Lipinski definition) is 4. The number of nitrogens with one attached hydrogen (secondary N) is 3. The maximum absolute atomic E-state index is 11.3. The van der Waals surface area contributed by atoms with Crippen molar-refractivity contribution >= 4 is 5.97 Å². The largest absolute Gasteiger partial charge is 0.481 e. The second kappa shape index (κ2) is 12.1. The van der Waals surface area contributed by atoms with E-state index in [4.69, 9.17) is 4.74 Å². The number of aliphatic carboxylic acids is 1. The molecule has 4 N–H and O–H groups in total. The van der Waals surface area contributed by atoms with Crippen LogP contribution in [0.15, 0.2) is 0 Å². The Morgan fingerprint density at radius 2 is 1.72 bits per heavy atom. The molecule has 1 atom stereocenters. The van der Waals surface area contributed by atoms with Gasteiger partial charge >= 0.3 is 5.97 Å². The first-order chi connectivity index (χ1) is 15.6. The first kappa shape index (κ1) is 24.4. The van der Waals surface area contributed by atoms with E-state index in [0.29, 0.717) is 12.1 Å². The van der Waals surface area contributed by atoms with Gasteiger partial charge in [-0.2, -0.15) is 0 Å². The highest BCUT2D eigenvalue weighted by atomic mass is 16.5. The van der Waals surface area contributed by atoms with Gasteiger partial charge in [0.15, 0.2) is 0 Å². The molecular weight excluding hydrogens is 404 g/mol. The summed E-state index contributed by atoms with van der Waals surface area (Å²) in [5, 5.41) is 20.6. The summed E-state index contributed by atoms with van der Waals surface area (Å²) in [4.78, 5) is 13.7. The van der Waals surface area contributed by atoms with Crippen molar-refractivity contribution in [2.75, 3.05) is 39.8 Å². The normalized spacial score (nSPS) is 39.6. The van der Waals surface area contributed by atoms with Gasteiger partial charge in [-0.1, -0.05) is 0 Å². The van der Waals surface area contributed by atoms with Crippen LogP contribution in [-0.4, -0.2) is 74.2 Å². The molecule has 0 bridgehead atoms. The number of carboxylic acids is 1. The Hall–Kier alpha value is -0.730. The van der Waals surface area contributed by atoms with Crippen LogP contribution in [0.2, 0.25) is 0 Å². The Kier molecular flexibility index (Phi) is 9.23. The van der Waals surface area contributed by atoms with E-state index in [1.54, 1.807) is 0 Å². The Morgan fingerprint density at radius 3 is 2.38 bits per heavy atom. The van der Waals surface area contributed by atoms with Crippen molar-refractivity contribution in [3.63, 3.8) is 0 Å². The van der Waals surface area contributed by atoms with Crippen molar-refractivity contribution in [1.82, 2.24) is 20.9 Å². The van der Waals surface area contributed by atoms with Gasteiger partial charge in [0, 0.05) is 32.8 Å². The third kappa shape index (κ3) is 6.89. The number of carboxylic acid groups (broad SMARTS) is 1. The molecule has 7 heteroatoms. The average molecular weight is 451 g/mol. The second-order valence-corrected chi connectivity index (χ2v) is 10.9. The van der Waals surface area contributed by atoms with Crippen molar-refractivity contribution in [3.05, 3.63) is 0 Å². The summed E-state index contributed by atoms with van der Waals surface area (Å²) in [6.07, 6.45) is 14.0. The van der Waals surface area contributed by atoms with Gasteiger partial charge in [0.05, 0.1) is 12.0 Å². The fourth-order valence-corrected chi connectivity index (χ4v) is 6.61. The van der Waals surface area contributed by atoms with E-state index in [2.05, 4.69) is 20.9 Å². The molecule has 32 heavy (non-hydrogen) atoms. The van der Waals surface area contributed by atoms with Crippen molar-refractivity contribution in [2.24, 2.45) is 23.7 Å². The smallest absolute Gasteiger partial charge is 0.307 e. The Bertz CT molecular complexity index is 568. The van der Waals surface area contributed by atoms with E-state index < -0.39 is 5.97 Å². The molecule has 7 nitrogen and oxygen atoms in total. The number of hydrogen-bond acceptors (Lipinski definition) is 6. The van der Waals surface area contributed by atoms with E-state index in [1.165, 1.54) is 57.8 Å². The number of piperidine rings is 1. The second-order valence-electron chi connectivity index (χ2n) is 10.9. The maximum Gasteiger partial charge on any atom is 0.307 e. The first-order valence-corrected chi connectivity index (χ1v) is 13.3. The minimum Gasteiger partial charge on any atom is -0.481 e. The molecule has 2 heterocycles. The molecule has 4 rings (SSSR count). The van der Waals surface area contributed by atoms with Crippen LogP contribution in [0.5, 0.6) is 0 Å². The van der Waals surface area contributed by atoms with Crippen molar-refractivity contribution < 1.29 is 14.6 Å². The summed E-state index contributed by atoms with van der Waals surface area (Å²) < 4.78 is 5.53. The number of rotatable bonds is 8. The van der Waals surface area contributed by atoms with Crippen LogP contribution in [0.4, 0.5) is 0 Å². The average Bonchev–Trinajstić information content (AvgIpc) is 2.84. The van der Waals surface area contributed by atoms with Crippen LogP contribution in [0.1, 0.15) is 70.6 Å². The van der Waals surface area contributed by atoms with Gasteiger partial charge in [0.25, 0.3) is 0 Å². The first-order valence-electron chi connectivity index (χ1n) is 13.3. The molecular formula is C25H46N4O3. The Labute approximate surface area is 194 Å². The molecule has 2 saturated heterocycles. The van der Waals surface area contributed by atoms with Crippen LogP contribution in [0.3, 0.4) is 0 Å². The Morgan fingerprint density at radius 1 is 1.00 bits per heavy atom. The number of methoxy groups -OCH3 is 1. The molecule has 0 spiro atoms. The topological polar surface area (TPSA) is 85.9 Å². The Balaban J connectivity index is 1.08. The van der Waals surface area contributed by atoms with Gasteiger partial charge in [0.1, 0.15) is 6.29 Å². The van der Waals surface area contributed by atoms with Gasteiger partial charge in [0.2, 0.25) is 0 Å². The highest BCUT2D eigenvalue weighted by molar-refractivity contribution is 5.70. The molecule has 0 radical (unpaired) electrons. The van der Waals surface area contributed by atoms with Crippen LogP contribution in [0.25, 0.3) is 0 Å². The highest BCUT2D eigenvalue weighted by Crippen LogP contribution is 2.32. The van der Waals surface area contributed by atoms with E-state index in [-0.39, 0.29) is 12.2 Å². The maximum atomic E-state index is 11.3. The van der Waals surface area contributed by atoms with Crippen molar-refractivity contribution in [2.45, 2.75) is 89.1 Å². The lowest BCUT2D eigenvalue weighted by Gasteiger charge is -2.40. The highest BCUT2D eigenvalue weighted by Gasteiger charge is 2.32. The third-order valence-corrected chi connectivity index (χ3v) is 8.84. The number of carbonyl (C=O) groups is 1. The van der Waals surface area contributed by atoms with E-state index in [1.807, 2.05) is 7.11 Å². The third-order valence-electron chi connectivity index (χ3n) is 8.84. The lowest BCUT2D eigenvalue weighted by molar-refractivity contribution is -0.143. The quantitative estimate of drug-likeness (QED) is 0.452. The minimum absolute atomic E-state index is 0.154. The molecule has 0 aromatic rings.